The number of fused-ring (bicyclic) bond motifs is 1. The van der Waals surface area contributed by atoms with Crippen molar-refractivity contribution in [2.45, 2.75) is 6.10 Å². The Morgan fingerprint density at radius 3 is 2.69 bits per heavy atom. The van der Waals surface area contributed by atoms with Crippen LogP contribution < -0.4 is 0 Å². The molecule has 0 amide bonds. The van der Waals surface area contributed by atoms with Crippen LogP contribution in [-0.4, -0.2) is 16.2 Å². The van der Waals surface area contributed by atoms with Crippen LogP contribution in [0.5, 0.6) is 0 Å². The van der Waals surface area contributed by atoms with Crippen LogP contribution in [0.3, 0.4) is 0 Å². The molecule has 0 radical (unpaired) electrons. The summed E-state index contributed by atoms with van der Waals surface area (Å²) in [5.41, 5.74) is -0.874. The van der Waals surface area contributed by atoms with E-state index in [1.807, 2.05) is 0 Å². The van der Waals surface area contributed by atoms with Crippen LogP contribution in [-0.2, 0) is 4.79 Å². The van der Waals surface area contributed by atoms with E-state index in [1.54, 1.807) is 0 Å². The van der Waals surface area contributed by atoms with Gasteiger partial charge in [0, 0.05) is 6.07 Å². The number of aliphatic carboxylic acids is 1. The molecule has 1 aromatic carbocycles. The molecule has 1 unspecified atom stereocenters. The Bertz CT molecular complexity index is 561. The van der Waals surface area contributed by atoms with E-state index in [0.29, 0.717) is 6.07 Å². The van der Waals surface area contributed by atoms with Gasteiger partial charge in [0.05, 0.1) is 17.2 Å². The van der Waals surface area contributed by atoms with Crippen molar-refractivity contribution < 1.29 is 28.2 Å². The van der Waals surface area contributed by atoms with E-state index in [0.717, 1.165) is 6.26 Å². The molecule has 0 spiro atoms. The summed E-state index contributed by atoms with van der Waals surface area (Å²) in [5.74, 6) is -3.67. The number of hydrogen-bond donors (Lipinski definition) is 2. The van der Waals surface area contributed by atoms with Crippen LogP contribution >= 0.6 is 0 Å². The SMILES string of the molecule is O=C(O)C(O)c1c(F)cc(F)c2ccoc12. The molecule has 0 saturated carbocycles. The number of aliphatic hydroxyl groups is 1. The highest BCUT2D eigenvalue weighted by Crippen LogP contribution is 2.30. The fourth-order valence-electron chi connectivity index (χ4n) is 1.46. The average molecular weight is 228 g/mol. The maximum Gasteiger partial charge on any atom is 0.337 e. The zero-order chi connectivity index (χ0) is 11.9. The molecule has 2 aromatic rings. The van der Waals surface area contributed by atoms with Crippen molar-refractivity contribution in [1.82, 2.24) is 0 Å². The van der Waals surface area contributed by atoms with Gasteiger partial charge in [0.15, 0.2) is 6.10 Å². The van der Waals surface area contributed by atoms with Gasteiger partial charge in [0.25, 0.3) is 0 Å². The second-order valence-corrected chi connectivity index (χ2v) is 3.16. The van der Waals surface area contributed by atoms with Crippen LogP contribution in [0.25, 0.3) is 11.0 Å². The Kier molecular flexibility index (Phi) is 2.35. The fourth-order valence-corrected chi connectivity index (χ4v) is 1.46. The van der Waals surface area contributed by atoms with Gasteiger partial charge in [0.1, 0.15) is 17.2 Å². The van der Waals surface area contributed by atoms with Crippen molar-refractivity contribution in [3.8, 4) is 0 Å². The standard InChI is InChI=1S/C10H6F2O4/c11-5-3-6(12)7(8(13)10(14)15)9-4(5)1-2-16-9/h1-3,8,13H,(H,14,15). The van der Waals surface area contributed by atoms with Crippen molar-refractivity contribution in [3.63, 3.8) is 0 Å². The zero-order valence-corrected chi connectivity index (χ0v) is 7.78. The molecule has 6 heteroatoms. The molecule has 4 nitrogen and oxygen atoms in total. The van der Waals surface area contributed by atoms with Gasteiger partial charge in [-0.3, -0.25) is 0 Å². The average Bonchev–Trinajstić information content (AvgIpc) is 2.66. The Morgan fingerprint density at radius 1 is 1.38 bits per heavy atom. The fraction of sp³-hybridized carbons (Fsp3) is 0.100. The summed E-state index contributed by atoms with van der Waals surface area (Å²) in [6.45, 7) is 0. The monoisotopic (exact) mass is 228 g/mol. The first kappa shape index (κ1) is 10.6. The molecule has 2 N–H and O–H groups in total. The lowest BCUT2D eigenvalue weighted by Crippen LogP contribution is -2.12. The smallest absolute Gasteiger partial charge is 0.337 e. The molecule has 1 aromatic heterocycles. The van der Waals surface area contributed by atoms with Crippen molar-refractivity contribution in [3.05, 3.63) is 35.6 Å². The quantitative estimate of drug-likeness (QED) is 0.822. The minimum atomic E-state index is -2.09. The summed E-state index contributed by atoms with van der Waals surface area (Å²) in [4.78, 5) is 10.6. The van der Waals surface area contributed by atoms with E-state index in [-0.39, 0.29) is 11.0 Å². The largest absolute Gasteiger partial charge is 0.479 e. The van der Waals surface area contributed by atoms with Crippen molar-refractivity contribution in [1.29, 1.82) is 0 Å². The zero-order valence-electron chi connectivity index (χ0n) is 7.78. The molecular weight excluding hydrogens is 222 g/mol. The minimum Gasteiger partial charge on any atom is -0.479 e. The van der Waals surface area contributed by atoms with Crippen molar-refractivity contribution in [2.24, 2.45) is 0 Å². The summed E-state index contributed by atoms with van der Waals surface area (Å²) >= 11 is 0. The third-order valence-corrected chi connectivity index (χ3v) is 2.19. The summed E-state index contributed by atoms with van der Waals surface area (Å²) < 4.78 is 31.3. The van der Waals surface area contributed by atoms with Crippen LogP contribution in [0.2, 0.25) is 0 Å². The first-order valence-corrected chi connectivity index (χ1v) is 4.28. The predicted molar refractivity (Wildman–Crippen MR) is 48.7 cm³/mol. The Labute approximate surface area is 87.7 Å². The molecule has 0 saturated heterocycles. The molecule has 0 fully saturated rings. The van der Waals surface area contributed by atoms with Gasteiger partial charge in [-0.2, -0.15) is 0 Å². The topological polar surface area (TPSA) is 70.7 Å². The number of carboxylic acids is 1. The third kappa shape index (κ3) is 1.43. The first-order valence-electron chi connectivity index (χ1n) is 4.28. The molecule has 2 rings (SSSR count). The molecule has 0 aliphatic rings. The number of carboxylic acid groups (broad SMARTS) is 1. The molecule has 0 bridgehead atoms. The summed E-state index contributed by atoms with van der Waals surface area (Å²) in [6.07, 6.45) is -1.00. The second kappa shape index (κ2) is 3.57. The summed E-state index contributed by atoms with van der Waals surface area (Å²) in [6, 6.07) is 1.74. The molecule has 1 atom stereocenters. The number of benzene rings is 1. The van der Waals surface area contributed by atoms with Crippen molar-refractivity contribution >= 4 is 16.9 Å². The highest BCUT2D eigenvalue weighted by Gasteiger charge is 2.26. The number of carbonyl (C=O) groups is 1. The third-order valence-electron chi connectivity index (χ3n) is 2.19. The lowest BCUT2D eigenvalue weighted by Gasteiger charge is -2.08. The molecule has 16 heavy (non-hydrogen) atoms. The van der Waals surface area contributed by atoms with Crippen LogP contribution in [0.1, 0.15) is 11.7 Å². The minimum absolute atomic E-state index is 0.0725. The number of halogens is 2. The predicted octanol–water partition coefficient (Wildman–Crippen LogP) is 1.83. The van der Waals surface area contributed by atoms with Gasteiger partial charge < -0.3 is 14.6 Å². The van der Waals surface area contributed by atoms with E-state index in [1.165, 1.54) is 6.07 Å². The molecule has 0 aliphatic carbocycles. The highest BCUT2D eigenvalue weighted by atomic mass is 19.1. The van der Waals surface area contributed by atoms with E-state index in [9.17, 15) is 18.7 Å². The first-order chi connectivity index (χ1) is 7.52. The Balaban J connectivity index is 2.77. The van der Waals surface area contributed by atoms with Gasteiger partial charge in [-0.05, 0) is 6.07 Å². The maximum atomic E-state index is 13.3. The van der Waals surface area contributed by atoms with Crippen LogP contribution in [0.4, 0.5) is 8.78 Å². The summed E-state index contributed by atoms with van der Waals surface area (Å²) in [5, 5.41) is 17.8. The lowest BCUT2D eigenvalue weighted by atomic mass is 10.1. The van der Waals surface area contributed by atoms with Gasteiger partial charge in [-0.1, -0.05) is 0 Å². The van der Waals surface area contributed by atoms with Crippen LogP contribution in [0.15, 0.2) is 22.8 Å². The highest BCUT2D eigenvalue weighted by molar-refractivity contribution is 5.86. The molecule has 84 valence electrons. The normalized spacial score (nSPS) is 12.9. The van der Waals surface area contributed by atoms with Gasteiger partial charge in [-0.25, -0.2) is 13.6 Å². The number of aliphatic hydroxyl groups excluding tert-OH is 1. The second-order valence-electron chi connectivity index (χ2n) is 3.16. The van der Waals surface area contributed by atoms with Crippen LogP contribution in [0, 0.1) is 11.6 Å². The van der Waals surface area contributed by atoms with E-state index in [2.05, 4.69) is 0 Å². The van der Waals surface area contributed by atoms with Gasteiger partial charge in [0.2, 0.25) is 0 Å². The van der Waals surface area contributed by atoms with E-state index in [4.69, 9.17) is 9.52 Å². The molecule has 1 heterocycles. The number of rotatable bonds is 2. The van der Waals surface area contributed by atoms with Gasteiger partial charge in [-0.15, -0.1) is 0 Å². The number of furan rings is 1. The molecule has 0 aliphatic heterocycles. The Hall–Kier alpha value is -1.95. The van der Waals surface area contributed by atoms with E-state index < -0.39 is 29.3 Å². The Morgan fingerprint density at radius 2 is 2.06 bits per heavy atom. The molecular formula is C10H6F2O4. The lowest BCUT2D eigenvalue weighted by molar-refractivity contribution is -0.147. The maximum absolute atomic E-state index is 13.3. The van der Waals surface area contributed by atoms with Gasteiger partial charge >= 0.3 is 5.97 Å². The number of hydrogen-bond acceptors (Lipinski definition) is 3. The summed E-state index contributed by atoms with van der Waals surface area (Å²) in [7, 11) is 0. The van der Waals surface area contributed by atoms with Crippen molar-refractivity contribution in [2.75, 3.05) is 0 Å². The van der Waals surface area contributed by atoms with E-state index >= 15 is 0 Å².